The van der Waals surface area contributed by atoms with E-state index >= 15 is 0 Å². The maximum absolute atomic E-state index is 4.34. The maximum atomic E-state index is 4.34. The van der Waals surface area contributed by atoms with Crippen molar-refractivity contribution in [2.45, 2.75) is 12.3 Å². The Morgan fingerprint density at radius 1 is 1.50 bits per heavy atom. The fourth-order valence-corrected chi connectivity index (χ4v) is 1.69. The van der Waals surface area contributed by atoms with Crippen molar-refractivity contribution < 1.29 is 0 Å². The number of hydrogen-bond acceptors (Lipinski definition) is 2. The van der Waals surface area contributed by atoms with Crippen molar-refractivity contribution in [3.05, 3.63) is 37.1 Å². The van der Waals surface area contributed by atoms with Gasteiger partial charge < -0.3 is 4.90 Å². The molecular weight excluding hydrogens is 148 g/mol. The summed E-state index contributed by atoms with van der Waals surface area (Å²) in [5.41, 5.74) is 1.21. The van der Waals surface area contributed by atoms with Gasteiger partial charge in [-0.2, -0.15) is 0 Å². The average molecular weight is 161 g/mol. The summed E-state index contributed by atoms with van der Waals surface area (Å²) < 4.78 is 0. The maximum Gasteiger partial charge on any atom is 0.0447 e. The summed E-state index contributed by atoms with van der Waals surface area (Å²) in [6, 6.07) is 6.11. The molecule has 1 fully saturated rings. The quantitative estimate of drug-likeness (QED) is 0.622. The van der Waals surface area contributed by atoms with E-state index in [4.69, 9.17) is 0 Å². The smallest absolute Gasteiger partial charge is 0.0447 e. The third-order valence-electron chi connectivity index (χ3n) is 2.38. The van der Waals surface area contributed by atoms with E-state index in [9.17, 15) is 0 Å². The van der Waals surface area contributed by atoms with Crippen LogP contribution in [-0.4, -0.2) is 23.0 Å². The normalized spacial score (nSPS) is 24.6. The Morgan fingerprint density at radius 2 is 2.42 bits per heavy atom. The van der Waals surface area contributed by atoms with E-state index in [2.05, 4.69) is 23.0 Å². The van der Waals surface area contributed by atoms with Crippen molar-refractivity contribution in [3.63, 3.8) is 0 Å². The second-order valence-electron chi connectivity index (χ2n) is 3.32. The Kier molecular flexibility index (Phi) is 2.09. The molecule has 1 aromatic rings. The zero-order valence-electron chi connectivity index (χ0n) is 7.11. The summed E-state index contributed by atoms with van der Waals surface area (Å²) in [5, 5.41) is 0. The minimum atomic E-state index is 0.601. The fraction of sp³-hybridized carbons (Fsp3) is 0.400. The first-order valence-corrected chi connectivity index (χ1v) is 4.32. The first-order valence-electron chi connectivity index (χ1n) is 4.32. The number of rotatable bonds is 1. The van der Waals surface area contributed by atoms with Gasteiger partial charge in [0.05, 0.1) is 0 Å². The summed E-state index contributed by atoms with van der Waals surface area (Å²) in [4.78, 5) is 6.45. The van der Waals surface area contributed by atoms with E-state index in [-0.39, 0.29) is 0 Å². The monoisotopic (exact) mass is 161 g/mol. The molecule has 12 heavy (non-hydrogen) atoms. The highest BCUT2D eigenvalue weighted by Crippen LogP contribution is 2.24. The molecule has 2 heteroatoms. The number of nitrogens with zero attached hydrogens (tertiary/aromatic N) is 2. The average Bonchev–Trinajstić information content (AvgIpc) is 2.54. The summed E-state index contributed by atoms with van der Waals surface area (Å²) in [6.07, 6.45) is 3.06. The van der Waals surface area contributed by atoms with Crippen LogP contribution < -0.4 is 0 Å². The molecule has 1 radical (unpaired) electrons. The molecule has 0 bridgehead atoms. The van der Waals surface area contributed by atoms with Crippen LogP contribution in [0, 0.1) is 7.05 Å². The van der Waals surface area contributed by atoms with Crippen LogP contribution >= 0.6 is 0 Å². The minimum absolute atomic E-state index is 0.601. The van der Waals surface area contributed by atoms with Crippen molar-refractivity contribution in [3.8, 4) is 0 Å². The molecule has 0 saturated carbocycles. The van der Waals surface area contributed by atoms with Gasteiger partial charge in [0.25, 0.3) is 0 Å². The van der Waals surface area contributed by atoms with Crippen LogP contribution in [0.1, 0.15) is 18.0 Å². The van der Waals surface area contributed by atoms with Crippen LogP contribution in [0.15, 0.2) is 24.4 Å². The predicted molar refractivity (Wildman–Crippen MR) is 48.5 cm³/mol. The molecule has 0 aliphatic carbocycles. The summed E-state index contributed by atoms with van der Waals surface area (Å²) >= 11 is 0. The molecule has 1 atom stereocenters. The lowest BCUT2D eigenvalue weighted by Crippen LogP contribution is -2.11. The van der Waals surface area contributed by atoms with E-state index < -0.39 is 0 Å². The third-order valence-corrected chi connectivity index (χ3v) is 2.38. The highest BCUT2D eigenvalue weighted by atomic mass is 15.1. The molecule has 0 spiro atoms. The number of aromatic nitrogens is 1. The zero-order valence-corrected chi connectivity index (χ0v) is 7.11. The molecule has 2 rings (SSSR count). The SMILES string of the molecule is [CH2]N1CCC(c2ccccn2)C1. The van der Waals surface area contributed by atoms with E-state index in [1.807, 2.05) is 18.3 Å². The van der Waals surface area contributed by atoms with E-state index in [1.54, 1.807) is 0 Å². The van der Waals surface area contributed by atoms with Gasteiger partial charge in [-0.3, -0.25) is 4.98 Å². The Bertz CT molecular complexity index is 245. The van der Waals surface area contributed by atoms with Crippen LogP contribution in [0.4, 0.5) is 0 Å². The van der Waals surface area contributed by atoms with Crippen LogP contribution in [0.5, 0.6) is 0 Å². The number of likely N-dealkylation sites (tertiary alicyclic amines) is 1. The van der Waals surface area contributed by atoms with Crippen molar-refractivity contribution >= 4 is 0 Å². The highest BCUT2D eigenvalue weighted by molar-refractivity contribution is 5.11. The number of pyridine rings is 1. The van der Waals surface area contributed by atoms with Gasteiger partial charge in [0.15, 0.2) is 0 Å². The molecule has 2 heterocycles. The molecule has 1 aliphatic rings. The topological polar surface area (TPSA) is 16.1 Å². The van der Waals surface area contributed by atoms with Crippen LogP contribution in [0.25, 0.3) is 0 Å². The molecule has 1 unspecified atom stereocenters. The van der Waals surface area contributed by atoms with Gasteiger partial charge in [0.2, 0.25) is 0 Å². The Balaban J connectivity index is 2.11. The first-order chi connectivity index (χ1) is 5.86. The molecule has 1 saturated heterocycles. The fourth-order valence-electron chi connectivity index (χ4n) is 1.69. The van der Waals surface area contributed by atoms with Gasteiger partial charge in [-0.1, -0.05) is 6.07 Å². The molecule has 0 amide bonds. The molecule has 63 valence electrons. The van der Waals surface area contributed by atoms with Gasteiger partial charge in [-0.25, -0.2) is 0 Å². The van der Waals surface area contributed by atoms with Crippen LogP contribution in [0.3, 0.4) is 0 Å². The van der Waals surface area contributed by atoms with E-state index in [1.165, 1.54) is 12.1 Å². The van der Waals surface area contributed by atoms with Crippen molar-refractivity contribution in [2.24, 2.45) is 0 Å². The molecule has 1 aromatic heterocycles. The van der Waals surface area contributed by atoms with Crippen molar-refractivity contribution in [2.75, 3.05) is 13.1 Å². The standard InChI is InChI=1S/C10H13N2/c1-12-7-5-9(8-12)10-4-2-3-6-11-10/h2-4,6,9H,1,5,7-8H2. The van der Waals surface area contributed by atoms with Gasteiger partial charge in [-0.15, -0.1) is 0 Å². The molecule has 0 aromatic carbocycles. The van der Waals surface area contributed by atoms with E-state index in [0.717, 1.165) is 13.1 Å². The largest absolute Gasteiger partial charge is 0.301 e. The second-order valence-corrected chi connectivity index (χ2v) is 3.32. The molecular formula is C10H13N2. The lowest BCUT2D eigenvalue weighted by Gasteiger charge is -2.08. The third kappa shape index (κ3) is 1.48. The molecule has 1 aliphatic heterocycles. The van der Waals surface area contributed by atoms with Gasteiger partial charge >= 0.3 is 0 Å². The molecule has 2 nitrogen and oxygen atoms in total. The Hall–Kier alpha value is -0.890. The lowest BCUT2D eigenvalue weighted by atomic mass is 10.0. The van der Waals surface area contributed by atoms with Crippen molar-refractivity contribution in [1.82, 2.24) is 9.88 Å². The van der Waals surface area contributed by atoms with Crippen LogP contribution in [-0.2, 0) is 0 Å². The zero-order chi connectivity index (χ0) is 8.39. The van der Waals surface area contributed by atoms with E-state index in [0.29, 0.717) is 5.92 Å². The lowest BCUT2D eigenvalue weighted by molar-refractivity contribution is 0.453. The van der Waals surface area contributed by atoms with Crippen LogP contribution in [0.2, 0.25) is 0 Å². The minimum Gasteiger partial charge on any atom is -0.301 e. The Morgan fingerprint density at radius 3 is 3.00 bits per heavy atom. The predicted octanol–water partition coefficient (Wildman–Crippen LogP) is 1.66. The Labute approximate surface area is 73.2 Å². The number of hydrogen-bond donors (Lipinski definition) is 0. The van der Waals surface area contributed by atoms with Crippen molar-refractivity contribution in [1.29, 1.82) is 0 Å². The highest BCUT2D eigenvalue weighted by Gasteiger charge is 2.21. The second kappa shape index (κ2) is 3.23. The summed E-state index contributed by atoms with van der Waals surface area (Å²) in [7, 11) is 3.92. The molecule has 0 N–H and O–H groups in total. The first kappa shape index (κ1) is 7.74. The van der Waals surface area contributed by atoms with Gasteiger partial charge in [0, 0.05) is 31.4 Å². The summed E-state index contributed by atoms with van der Waals surface area (Å²) in [6.45, 7) is 2.15. The summed E-state index contributed by atoms with van der Waals surface area (Å²) in [5.74, 6) is 0.601. The van der Waals surface area contributed by atoms with Gasteiger partial charge in [0.1, 0.15) is 0 Å². The van der Waals surface area contributed by atoms with Gasteiger partial charge in [-0.05, 0) is 25.1 Å².